The van der Waals surface area contributed by atoms with Crippen LogP contribution in [0, 0.1) is 29.4 Å². The van der Waals surface area contributed by atoms with Gasteiger partial charge in [0.25, 0.3) is 0 Å². The van der Waals surface area contributed by atoms with E-state index in [4.69, 9.17) is 16.1 Å². The average molecular weight is 597 g/mol. The van der Waals surface area contributed by atoms with Crippen molar-refractivity contribution in [1.29, 1.82) is 0 Å². The molecule has 44 heavy (non-hydrogen) atoms. The highest BCUT2D eigenvalue weighted by molar-refractivity contribution is 6.03. The Bertz CT molecular complexity index is 1820. The van der Waals surface area contributed by atoms with Gasteiger partial charge in [0, 0.05) is 54.3 Å². The van der Waals surface area contributed by atoms with Crippen LogP contribution in [0.15, 0.2) is 30.5 Å². The van der Waals surface area contributed by atoms with E-state index in [0.29, 0.717) is 40.7 Å². The summed E-state index contributed by atoms with van der Waals surface area (Å²) in [6, 6.07) is 6.40. The molecule has 0 radical (unpaired) electrons. The van der Waals surface area contributed by atoms with Crippen molar-refractivity contribution in [2.45, 2.75) is 50.6 Å². The van der Waals surface area contributed by atoms with Crippen molar-refractivity contribution < 1.29 is 18.6 Å². The number of halogens is 2. The number of rotatable bonds is 7. The second kappa shape index (κ2) is 10.5. The molecule has 2 atom stereocenters. The van der Waals surface area contributed by atoms with Gasteiger partial charge in [-0.3, -0.25) is 4.98 Å². The van der Waals surface area contributed by atoms with Crippen LogP contribution in [0.2, 0.25) is 0 Å². The number of likely N-dealkylation sites (tertiary alicyclic amines) is 1. The lowest BCUT2D eigenvalue weighted by Gasteiger charge is -2.34. The first-order valence-corrected chi connectivity index (χ1v) is 15.5. The fraction of sp³-hybridized carbons (Fsp3) is 0.441. The summed E-state index contributed by atoms with van der Waals surface area (Å²) in [5.41, 5.74) is 0.242. The number of hydrogen-bond acceptors (Lipinski definition) is 8. The Kier molecular flexibility index (Phi) is 6.58. The molecule has 0 spiro atoms. The average Bonchev–Trinajstić information content (AvgIpc) is 3.42. The maximum absolute atomic E-state index is 16.7. The SMILES string of the molecule is C#Cc1c(F)ccc2cc(O)cc(-c3ncc4c(N5C[C@H]6CC[C@@H](C5)N6)nc(OCC5(CN6CCCC6)CC5)nc4c3F)c12. The molecule has 4 fully saturated rings. The van der Waals surface area contributed by atoms with Crippen molar-refractivity contribution in [2.75, 3.05) is 44.2 Å². The van der Waals surface area contributed by atoms with Gasteiger partial charge in [-0.1, -0.05) is 12.0 Å². The first-order valence-electron chi connectivity index (χ1n) is 15.5. The molecular weight excluding hydrogens is 562 g/mol. The van der Waals surface area contributed by atoms with E-state index in [9.17, 15) is 9.50 Å². The molecule has 2 bridgehead atoms. The predicted molar refractivity (Wildman–Crippen MR) is 165 cm³/mol. The van der Waals surface area contributed by atoms with E-state index >= 15 is 4.39 Å². The normalized spacial score (nSPS) is 22.5. The molecule has 1 aliphatic carbocycles. The van der Waals surface area contributed by atoms with Gasteiger partial charge in [0.1, 0.15) is 28.6 Å². The van der Waals surface area contributed by atoms with Crippen LogP contribution < -0.4 is 15.0 Å². The van der Waals surface area contributed by atoms with E-state index in [-0.39, 0.29) is 39.5 Å². The van der Waals surface area contributed by atoms with E-state index in [0.717, 1.165) is 58.4 Å². The van der Waals surface area contributed by atoms with Crippen LogP contribution in [-0.2, 0) is 0 Å². The molecule has 1 saturated carbocycles. The van der Waals surface area contributed by atoms with E-state index < -0.39 is 11.6 Å². The standard InChI is InChI=1S/C34H34F2N6O2/c1-2-24-27(35)8-5-20-13-23(43)14-25(28(20)24)30-29(36)31-26(15-37-30)32(42-16-21-6-7-22(17-42)38-21)40-33(39-31)44-19-34(9-10-34)18-41-11-3-4-12-41/h1,5,8,13-15,21-22,38,43H,3-4,6-7,9-12,16-19H2/t21-,22+. The number of aromatic nitrogens is 3. The van der Waals surface area contributed by atoms with Crippen LogP contribution in [0.5, 0.6) is 11.8 Å². The molecule has 8 rings (SSSR count). The number of anilines is 1. The lowest BCUT2D eigenvalue weighted by molar-refractivity contribution is 0.170. The number of piperazine rings is 1. The molecule has 2 aromatic heterocycles. The quantitative estimate of drug-likeness (QED) is 0.288. The third-order valence-corrected chi connectivity index (χ3v) is 9.83. The fourth-order valence-electron chi connectivity index (χ4n) is 7.40. The number of phenols is 1. The summed E-state index contributed by atoms with van der Waals surface area (Å²) in [7, 11) is 0. The van der Waals surface area contributed by atoms with Crippen molar-refractivity contribution in [1.82, 2.24) is 25.2 Å². The summed E-state index contributed by atoms with van der Waals surface area (Å²) in [5.74, 6) is 1.57. The molecule has 10 heteroatoms. The number of nitrogens with one attached hydrogen (secondary N) is 1. The molecule has 3 aliphatic heterocycles. The van der Waals surface area contributed by atoms with Gasteiger partial charge in [-0.2, -0.15) is 9.97 Å². The Morgan fingerprint density at radius 2 is 1.86 bits per heavy atom. The van der Waals surface area contributed by atoms with Gasteiger partial charge >= 0.3 is 6.01 Å². The second-order valence-electron chi connectivity index (χ2n) is 13.0. The number of benzene rings is 2. The molecule has 8 nitrogen and oxygen atoms in total. The molecule has 5 heterocycles. The number of ether oxygens (including phenoxy) is 1. The van der Waals surface area contributed by atoms with Crippen molar-refractivity contribution in [3.63, 3.8) is 0 Å². The third kappa shape index (κ3) is 4.79. The predicted octanol–water partition coefficient (Wildman–Crippen LogP) is 5.01. The minimum absolute atomic E-state index is 0.0183. The highest BCUT2D eigenvalue weighted by atomic mass is 19.1. The zero-order valence-corrected chi connectivity index (χ0v) is 24.5. The molecule has 3 saturated heterocycles. The molecule has 4 aliphatic rings. The van der Waals surface area contributed by atoms with Gasteiger partial charge in [0.15, 0.2) is 5.82 Å². The largest absolute Gasteiger partial charge is 0.508 e. The summed E-state index contributed by atoms with van der Waals surface area (Å²) in [5, 5.41) is 15.4. The summed E-state index contributed by atoms with van der Waals surface area (Å²) in [6.45, 7) is 5.20. The Labute approximate surface area is 254 Å². The lowest BCUT2D eigenvalue weighted by atomic mass is 9.96. The van der Waals surface area contributed by atoms with Gasteiger partial charge in [-0.25, -0.2) is 8.78 Å². The minimum atomic E-state index is -0.702. The smallest absolute Gasteiger partial charge is 0.319 e. The van der Waals surface area contributed by atoms with Gasteiger partial charge in [-0.05, 0) is 75.2 Å². The zero-order valence-electron chi connectivity index (χ0n) is 24.5. The Morgan fingerprint density at radius 3 is 2.59 bits per heavy atom. The fourth-order valence-corrected chi connectivity index (χ4v) is 7.40. The van der Waals surface area contributed by atoms with Crippen LogP contribution in [0.1, 0.15) is 44.1 Å². The number of terminal acetylenes is 1. The number of pyridine rings is 1. The summed E-state index contributed by atoms with van der Waals surface area (Å²) in [4.78, 5) is 18.7. The van der Waals surface area contributed by atoms with Crippen molar-refractivity contribution in [3.8, 4) is 35.4 Å². The molecule has 4 aromatic rings. The topological polar surface area (TPSA) is 86.6 Å². The van der Waals surface area contributed by atoms with Crippen molar-refractivity contribution >= 4 is 27.5 Å². The first-order chi connectivity index (χ1) is 21.4. The highest BCUT2D eigenvalue weighted by Gasteiger charge is 2.45. The Hall–Kier alpha value is -4.07. The van der Waals surface area contributed by atoms with Crippen molar-refractivity contribution in [2.24, 2.45) is 5.41 Å². The van der Waals surface area contributed by atoms with E-state index in [1.54, 1.807) is 6.20 Å². The maximum atomic E-state index is 16.7. The van der Waals surface area contributed by atoms with Crippen LogP contribution >= 0.6 is 0 Å². The molecule has 2 aromatic carbocycles. The Morgan fingerprint density at radius 1 is 1.09 bits per heavy atom. The molecule has 2 N–H and O–H groups in total. The van der Waals surface area contributed by atoms with Crippen molar-refractivity contribution in [3.05, 3.63) is 47.7 Å². The van der Waals surface area contributed by atoms with Gasteiger partial charge in [0.2, 0.25) is 0 Å². The first kappa shape index (κ1) is 27.5. The molecular formula is C34H34F2N6O2. The number of phenolic OH excluding ortho intramolecular Hbond substituents is 1. The third-order valence-electron chi connectivity index (χ3n) is 9.83. The number of hydrogen-bond donors (Lipinski definition) is 2. The zero-order chi connectivity index (χ0) is 30.0. The van der Waals surface area contributed by atoms with Gasteiger partial charge in [-0.15, -0.1) is 6.42 Å². The second-order valence-corrected chi connectivity index (χ2v) is 13.0. The highest BCUT2D eigenvalue weighted by Crippen LogP contribution is 2.47. The van der Waals surface area contributed by atoms with Crippen LogP contribution in [0.4, 0.5) is 14.6 Å². The Balaban J connectivity index is 1.24. The lowest BCUT2D eigenvalue weighted by Crippen LogP contribution is -2.51. The van der Waals surface area contributed by atoms with E-state index in [2.05, 4.69) is 31.0 Å². The number of aromatic hydroxyl groups is 1. The summed E-state index contributed by atoms with van der Waals surface area (Å²) >= 11 is 0. The number of fused-ring (bicyclic) bond motifs is 4. The van der Waals surface area contributed by atoms with Crippen LogP contribution in [-0.4, -0.2) is 76.4 Å². The summed E-state index contributed by atoms with van der Waals surface area (Å²) < 4.78 is 37.8. The maximum Gasteiger partial charge on any atom is 0.319 e. The monoisotopic (exact) mass is 596 g/mol. The number of nitrogens with zero attached hydrogens (tertiary/aromatic N) is 5. The van der Waals surface area contributed by atoms with Gasteiger partial charge in [0.05, 0.1) is 17.6 Å². The van der Waals surface area contributed by atoms with E-state index in [1.165, 1.54) is 37.1 Å². The van der Waals surface area contributed by atoms with E-state index in [1.807, 2.05) is 0 Å². The molecule has 226 valence electrons. The minimum Gasteiger partial charge on any atom is -0.508 e. The van der Waals surface area contributed by atoms with Crippen LogP contribution in [0.25, 0.3) is 32.9 Å². The molecule has 0 unspecified atom stereocenters. The van der Waals surface area contributed by atoms with Gasteiger partial charge < -0.3 is 25.0 Å². The summed E-state index contributed by atoms with van der Waals surface area (Å²) in [6.07, 6.45) is 14.1. The molecule has 0 amide bonds. The van der Waals surface area contributed by atoms with Crippen LogP contribution in [0.3, 0.4) is 0 Å².